The molecule has 15 heavy (non-hydrogen) atoms. The van der Waals surface area contributed by atoms with Gasteiger partial charge >= 0.3 is 0 Å². The Morgan fingerprint density at radius 2 is 2.13 bits per heavy atom. The van der Waals surface area contributed by atoms with Crippen LogP contribution < -0.4 is 5.32 Å². The Labute approximate surface area is 92.9 Å². The summed E-state index contributed by atoms with van der Waals surface area (Å²) in [4.78, 5) is 6.81. The highest BCUT2D eigenvalue weighted by Crippen LogP contribution is 2.29. The molecule has 1 saturated heterocycles. The smallest absolute Gasteiger partial charge is 0.193 e. The van der Waals surface area contributed by atoms with Crippen molar-refractivity contribution >= 4 is 5.96 Å². The normalized spacial score (nSPS) is 36.6. The minimum Gasteiger partial charge on any atom is -0.353 e. The third kappa shape index (κ3) is 2.64. The molecule has 2 rings (SSSR count). The van der Waals surface area contributed by atoms with Gasteiger partial charge in [0.05, 0.1) is 0 Å². The number of aliphatic imine (C=N–C) groups is 1. The molecule has 2 aliphatic rings. The second-order valence-electron chi connectivity index (χ2n) is 5.20. The molecule has 0 amide bonds. The molecule has 0 aromatic carbocycles. The molecule has 1 saturated carbocycles. The molecule has 1 aliphatic heterocycles. The molecule has 3 heteroatoms. The highest BCUT2D eigenvalue weighted by Gasteiger charge is 2.34. The molecule has 0 spiro atoms. The second-order valence-corrected chi connectivity index (χ2v) is 5.20. The Hall–Kier alpha value is -0.730. The lowest BCUT2D eigenvalue weighted by Crippen LogP contribution is -2.47. The zero-order valence-electron chi connectivity index (χ0n) is 10.2. The molecule has 0 bridgehead atoms. The summed E-state index contributed by atoms with van der Waals surface area (Å²) < 4.78 is 0. The average molecular weight is 209 g/mol. The van der Waals surface area contributed by atoms with E-state index in [2.05, 4.69) is 29.1 Å². The third-order valence-corrected chi connectivity index (χ3v) is 3.59. The number of piperidine rings is 1. The van der Waals surface area contributed by atoms with Gasteiger partial charge in [0.15, 0.2) is 5.96 Å². The van der Waals surface area contributed by atoms with Crippen molar-refractivity contribution in [2.45, 2.75) is 39.2 Å². The predicted octanol–water partition coefficient (Wildman–Crippen LogP) is 1.70. The number of hydrogen-bond donors (Lipinski definition) is 1. The van der Waals surface area contributed by atoms with Crippen LogP contribution in [0.3, 0.4) is 0 Å². The van der Waals surface area contributed by atoms with Crippen molar-refractivity contribution in [1.82, 2.24) is 10.2 Å². The van der Waals surface area contributed by atoms with E-state index in [0.717, 1.165) is 17.8 Å². The zero-order chi connectivity index (χ0) is 10.8. The Morgan fingerprint density at radius 1 is 1.40 bits per heavy atom. The maximum absolute atomic E-state index is 4.39. The van der Waals surface area contributed by atoms with E-state index in [1.807, 2.05) is 7.05 Å². The number of rotatable bonds is 1. The summed E-state index contributed by atoms with van der Waals surface area (Å²) in [5.74, 6) is 2.77. The summed E-state index contributed by atoms with van der Waals surface area (Å²) in [6.45, 7) is 6.97. The average Bonchev–Trinajstić information content (AvgIpc) is 2.91. The minimum absolute atomic E-state index is 0.681. The first-order valence-corrected chi connectivity index (χ1v) is 6.19. The molecule has 3 atom stereocenters. The monoisotopic (exact) mass is 209 g/mol. The number of nitrogens with zero attached hydrogens (tertiary/aromatic N) is 2. The van der Waals surface area contributed by atoms with Crippen molar-refractivity contribution in [1.29, 1.82) is 0 Å². The molecule has 3 unspecified atom stereocenters. The van der Waals surface area contributed by atoms with Gasteiger partial charge in [-0.1, -0.05) is 13.8 Å². The lowest BCUT2D eigenvalue weighted by Gasteiger charge is -2.33. The van der Waals surface area contributed by atoms with Crippen LogP contribution in [0.1, 0.15) is 33.1 Å². The number of nitrogens with one attached hydrogen (secondary N) is 1. The van der Waals surface area contributed by atoms with E-state index in [9.17, 15) is 0 Å². The predicted molar refractivity (Wildman–Crippen MR) is 64.0 cm³/mol. The molecule has 1 aliphatic carbocycles. The van der Waals surface area contributed by atoms with Gasteiger partial charge in [-0.15, -0.1) is 0 Å². The van der Waals surface area contributed by atoms with Gasteiger partial charge in [0.25, 0.3) is 0 Å². The van der Waals surface area contributed by atoms with Gasteiger partial charge in [0.2, 0.25) is 0 Å². The topological polar surface area (TPSA) is 27.6 Å². The summed E-state index contributed by atoms with van der Waals surface area (Å²) in [6.07, 6.45) is 3.98. The van der Waals surface area contributed by atoms with Crippen LogP contribution >= 0.6 is 0 Å². The second kappa shape index (κ2) is 4.42. The molecule has 1 heterocycles. The molecular weight excluding hydrogens is 186 g/mol. The van der Waals surface area contributed by atoms with Crippen LogP contribution in [0.25, 0.3) is 0 Å². The van der Waals surface area contributed by atoms with Gasteiger partial charge in [-0.05, 0) is 31.1 Å². The van der Waals surface area contributed by atoms with Crippen molar-refractivity contribution < 1.29 is 0 Å². The summed E-state index contributed by atoms with van der Waals surface area (Å²) >= 11 is 0. The number of hydrogen-bond acceptors (Lipinski definition) is 1. The molecule has 0 radical (unpaired) electrons. The van der Waals surface area contributed by atoms with Crippen LogP contribution in [0.15, 0.2) is 4.99 Å². The first-order valence-electron chi connectivity index (χ1n) is 6.19. The Balaban J connectivity index is 1.88. The van der Waals surface area contributed by atoms with Gasteiger partial charge in [-0.3, -0.25) is 4.99 Å². The third-order valence-electron chi connectivity index (χ3n) is 3.59. The molecule has 3 nitrogen and oxygen atoms in total. The highest BCUT2D eigenvalue weighted by molar-refractivity contribution is 5.80. The maximum Gasteiger partial charge on any atom is 0.193 e. The van der Waals surface area contributed by atoms with E-state index in [1.165, 1.54) is 32.4 Å². The largest absolute Gasteiger partial charge is 0.353 e. The van der Waals surface area contributed by atoms with Crippen molar-refractivity contribution in [3.8, 4) is 0 Å². The fraction of sp³-hybridized carbons (Fsp3) is 0.917. The minimum atomic E-state index is 0.681. The van der Waals surface area contributed by atoms with Crippen LogP contribution in [0.5, 0.6) is 0 Å². The van der Waals surface area contributed by atoms with Crippen LogP contribution in [-0.4, -0.2) is 37.0 Å². The van der Waals surface area contributed by atoms with E-state index in [0.29, 0.717) is 6.04 Å². The highest BCUT2D eigenvalue weighted by atomic mass is 15.3. The van der Waals surface area contributed by atoms with Crippen molar-refractivity contribution in [3.63, 3.8) is 0 Å². The van der Waals surface area contributed by atoms with Crippen LogP contribution in [0.4, 0.5) is 0 Å². The molecule has 0 aromatic heterocycles. The number of guanidine groups is 1. The summed E-state index contributed by atoms with van der Waals surface area (Å²) in [5, 5.41) is 3.56. The Morgan fingerprint density at radius 3 is 2.67 bits per heavy atom. The van der Waals surface area contributed by atoms with Gasteiger partial charge in [-0.2, -0.15) is 0 Å². The van der Waals surface area contributed by atoms with E-state index < -0.39 is 0 Å². The Bertz CT molecular complexity index is 249. The zero-order valence-corrected chi connectivity index (χ0v) is 10.2. The van der Waals surface area contributed by atoms with Gasteiger partial charge < -0.3 is 10.2 Å². The van der Waals surface area contributed by atoms with Gasteiger partial charge in [-0.25, -0.2) is 0 Å². The molecule has 2 fully saturated rings. The van der Waals surface area contributed by atoms with Crippen LogP contribution in [0.2, 0.25) is 0 Å². The number of likely N-dealkylation sites (tertiary alicyclic amines) is 1. The SMILES string of the molecule is CN=C(NC1CC1C)N1CCCC(C)C1. The van der Waals surface area contributed by atoms with Gasteiger partial charge in [0, 0.05) is 26.2 Å². The van der Waals surface area contributed by atoms with E-state index >= 15 is 0 Å². The fourth-order valence-electron chi connectivity index (χ4n) is 2.37. The first kappa shape index (κ1) is 10.8. The van der Waals surface area contributed by atoms with Crippen molar-refractivity contribution in [3.05, 3.63) is 0 Å². The molecular formula is C12H23N3. The van der Waals surface area contributed by atoms with E-state index in [1.54, 1.807) is 0 Å². The first-order chi connectivity index (χ1) is 7.20. The van der Waals surface area contributed by atoms with Crippen LogP contribution in [-0.2, 0) is 0 Å². The summed E-state index contributed by atoms with van der Waals surface area (Å²) in [5.41, 5.74) is 0. The van der Waals surface area contributed by atoms with Crippen molar-refractivity contribution in [2.24, 2.45) is 16.8 Å². The fourth-order valence-corrected chi connectivity index (χ4v) is 2.37. The maximum atomic E-state index is 4.39. The quantitative estimate of drug-likeness (QED) is 0.526. The van der Waals surface area contributed by atoms with Crippen LogP contribution in [0, 0.1) is 11.8 Å². The van der Waals surface area contributed by atoms with Gasteiger partial charge in [0.1, 0.15) is 0 Å². The lowest BCUT2D eigenvalue weighted by molar-refractivity contribution is 0.265. The van der Waals surface area contributed by atoms with E-state index in [-0.39, 0.29) is 0 Å². The lowest BCUT2D eigenvalue weighted by atomic mass is 10.0. The standard InChI is InChI=1S/C12H23N3/c1-9-5-4-6-15(8-9)12(13-3)14-11-7-10(11)2/h9-11H,4-8H2,1-3H3,(H,13,14). The van der Waals surface area contributed by atoms with Crippen molar-refractivity contribution in [2.75, 3.05) is 20.1 Å². The van der Waals surface area contributed by atoms with E-state index in [4.69, 9.17) is 0 Å². The molecule has 1 N–H and O–H groups in total. The summed E-state index contributed by atoms with van der Waals surface area (Å²) in [6, 6.07) is 0.681. The molecule has 0 aromatic rings. The Kier molecular flexibility index (Phi) is 3.17. The summed E-state index contributed by atoms with van der Waals surface area (Å²) in [7, 11) is 1.90. The molecule has 86 valence electrons.